The van der Waals surface area contributed by atoms with Crippen LogP contribution in [0.2, 0.25) is 0 Å². The molecule has 2 aromatic rings. The van der Waals surface area contributed by atoms with Crippen LogP contribution >= 0.6 is 11.3 Å². The van der Waals surface area contributed by atoms with Crippen molar-refractivity contribution in [2.45, 2.75) is 6.61 Å². The first kappa shape index (κ1) is 13.4. The molecule has 0 aliphatic carbocycles. The third-order valence-corrected chi connectivity index (χ3v) is 3.41. The Balaban J connectivity index is 2.28. The summed E-state index contributed by atoms with van der Waals surface area (Å²) in [6, 6.07) is 7.20. The van der Waals surface area contributed by atoms with Gasteiger partial charge < -0.3 is 14.2 Å². The lowest BCUT2D eigenvalue weighted by molar-refractivity contribution is 0.112. The monoisotopic (exact) mass is 278 g/mol. The van der Waals surface area contributed by atoms with Gasteiger partial charge in [-0.05, 0) is 23.6 Å². The summed E-state index contributed by atoms with van der Waals surface area (Å²) in [5.74, 6) is 1.47. The van der Waals surface area contributed by atoms with Gasteiger partial charge in [-0.15, -0.1) is 11.3 Å². The summed E-state index contributed by atoms with van der Waals surface area (Å²) in [5.41, 5.74) is 0.483. The standard InChI is InChI=1S/C14H14O4S/c1-16-12-6-10(8-15)7-13(17-2)14(12)18-9-11-4-3-5-19-11/h3-8H,9H2,1-2H3. The molecule has 0 aliphatic rings. The van der Waals surface area contributed by atoms with E-state index in [4.69, 9.17) is 14.2 Å². The molecule has 0 aliphatic heterocycles. The number of rotatable bonds is 6. The summed E-state index contributed by atoms with van der Waals surface area (Å²) in [5, 5.41) is 1.99. The summed E-state index contributed by atoms with van der Waals surface area (Å²) < 4.78 is 16.2. The fraction of sp³-hybridized carbons (Fsp3) is 0.214. The molecule has 2 rings (SSSR count). The van der Waals surface area contributed by atoms with E-state index in [1.807, 2.05) is 17.5 Å². The Morgan fingerprint density at radius 3 is 2.37 bits per heavy atom. The van der Waals surface area contributed by atoms with E-state index in [-0.39, 0.29) is 0 Å². The van der Waals surface area contributed by atoms with Gasteiger partial charge in [0.15, 0.2) is 11.5 Å². The van der Waals surface area contributed by atoms with Gasteiger partial charge in [-0.2, -0.15) is 0 Å². The Kier molecular flexibility index (Phi) is 4.41. The van der Waals surface area contributed by atoms with Crippen LogP contribution in [-0.2, 0) is 6.61 Å². The van der Waals surface area contributed by atoms with Gasteiger partial charge in [0, 0.05) is 10.4 Å². The number of hydrogen-bond acceptors (Lipinski definition) is 5. The van der Waals surface area contributed by atoms with Gasteiger partial charge in [0.25, 0.3) is 0 Å². The van der Waals surface area contributed by atoms with Crippen molar-refractivity contribution in [3.63, 3.8) is 0 Å². The minimum atomic E-state index is 0.435. The zero-order valence-electron chi connectivity index (χ0n) is 10.7. The summed E-state index contributed by atoms with van der Waals surface area (Å²) >= 11 is 1.61. The molecule has 0 fully saturated rings. The predicted octanol–water partition coefficient (Wildman–Crippen LogP) is 3.16. The maximum Gasteiger partial charge on any atom is 0.203 e. The first-order chi connectivity index (χ1) is 9.28. The zero-order chi connectivity index (χ0) is 13.7. The lowest BCUT2D eigenvalue weighted by Gasteiger charge is -2.14. The third kappa shape index (κ3) is 3.06. The second kappa shape index (κ2) is 6.24. The predicted molar refractivity (Wildman–Crippen MR) is 73.6 cm³/mol. The summed E-state index contributed by atoms with van der Waals surface area (Å²) in [7, 11) is 3.06. The lowest BCUT2D eigenvalue weighted by atomic mass is 10.2. The van der Waals surface area contributed by atoms with E-state index in [1.165, 1.54) is 14.2 Å². The van der Waals surface area contributed by atoms with Crippen LogP contribution in [0.15, 0.2) is 29.6 Å². The van der Waals surface area contributed by atoms with Crippen LogP contribution in [0.4, 0.5) is 0 Å². The molecule has 0 spiro atoms. The Morgan fingerprint density at radius 2 is 1.89 bits per heavy atom. The van der Waals surface area contributed by atoms with Crippen LogP contribution < -0.4 is 14.2 Å². The second-order valence-electron chi connectivity index (χ2n) is 3.74. The van der Waals surface area contributed by atoms with Gasteiger partial charge in [0.2, 0.25) is 5.75 Å². The summed E-state index contributed by atoms with van der Waals surface area (Å²) in [6.45, 7) is 0.435. The highest BCUT2D eigenvalue weighted by atomic mass is 32.1. The molecular weight excluding hydrogens is 264 g/mol. The number of aldehydes is 1. The van der Waals surface area contributed by atoms with Crippen molar-refractivity contribution >= 4 is 17.6 Å². The van der Waals surface area contributed by atoms with Crippen molar-refractivity contribution in [2.75, 3.05) is 14.2 Å². The summed E-state index contributed by atoms with van der Waals surface area (Å²) in [4.78, 5) is 11.9. The van der Waals surface area contributed by atoms with Crippen molar-refractivity contribution in [3.8, 4) is 17.2 Å². The molecule has 100 valence electrons. The van der Waals surface area contributed by atoms with Gasteiger partial charge >= 0.3 is 0 Å². The maximum absolute atomic E-state index is 10.8. The van der Waals surface area contributed by atoms with Gasteiger partial charge in [0.1, 0.15) is 12.9 Å². The smallest absolute Gasteiger partial charge is 0.203 e. The molecular formula is C14H14O4S. The number of carbonyl (C=O) groups is 1. The molecule has 0 bridgehead atoms. The number of carbonyl (C=O) groups excluding carboxylic acids is 1. The fourth-order valence-electron chi connectivity index (χ4n) is 1.65. The molecule has 0 atom stereocenters. The maximum atomic E-state index is 10.8. The second-order valence-corrected chi connectivity index (χ2v) is 4.77. The molecule has 1 aromatic carbocycles. The molecule has 5 heteroatoms. The van der Waals surface area contributed by atoms with Crippen LogP contribution in [-0.4, -0.2) is 20.5 Å². The largest absolute Gasteiger partial charge is 0.493 e. The van der Waals surface area contributed by atoms with E-state index >= 15 is 0 Å². The van der Waals surface area contributed by atoms with Crippen molar-refractivity contribution in [1.29, 1.82) is 0 Å². The molecule has 0 radical (unpaired) electrons. The Hall–Kier alpha value is -2.01. The normalized spacial score (nSPS) is 10.0. The van der Waals surface area contributed by atoms with Gasteiger partial charge in [-0.25, -0.2) is 0 Å². The molecule has 1 aromatic heterocycles. The average Bonchev–Trinajstić information content (AvgIpc) is 2.97. The Bertz CT molecular complexity index is 524. The molecule has 0 unspecified atom stereocenters. The minimum absolute atomic E-state index is 0.435. The van der Waals surface area contributed by atoms with Gasteiger partial charge in [-0.1, -0.05) is 6.07 Å². The Morgan fingerprint density at radius 1 is 1.21 bits per heavy atom. The molecule has 0 saturated heterocycles. The first-order valence-corrected chi connectivity index (χ1v) is 6.52. The van der Waals surface area contributed by atoms with E-state index < -0.39 is 0 Å². The fourth-order valence-corrected chi connectivity index (χ4v) is 2.26. The SMILES string of the molecule is COc1cc(C=O)cc(OC)c1OCc1cccs1. The number of hydrogen-bond donors (Lipinski definition) is 0. The van der Waals surface area contributed by atoms with Gasteiger partial charge in [0.05, 0.1) is 14.2 Å². The minimum Gasteiger partial charge on any atom is -0.493 e. The van der Waals surface area contributed by atoms with Crippen molar-refractivity contribution in [2.24, 2.45) is 0 Å². The highest BCUT2D eigenvalue weighted by Crippen LogP contribution is 2.38. The zero-order valence-corrected chi connectivity index (χ0v) is 11.5. The van der Waals surface area contributed by atoms with Crippen molar-refractivity contribution < 1.29 is 19.0 Å². The number of benzene rings is 1. The first-order valence-electron chi connectivity index (χ1n) is 5.65. The van der Waals surface area contributed by atoms with E-state index in [2.05, 4.69) is 0 Å². The number of methoxy groups -OCH3 is 2. The van der Waals surface area contributed by atoms with E-state index in [1.54, 1.807) is 23.5 Å². The van der Waals surface area contributed by atoms with Crippen molar-refractivity contribution in [3.05, 3.63) is 40.1 Å². The molecule has 0 N–H and O–H groups in total. The highest BCUT2D eigenvalue weighted by molar-refractivity contribution is 7.09. The average molecular weight is 278 g/mol. The van der Waals surface area contributed by atoms with Crippen LogP contribution in [0, 0.1) is 0 Å². The number of ether oxygens (including phenoxy) is 3. The lowest BCUT2D eigenvalue weighted by Crippen LogP contribution is -2.00. The van der Waals surface area contributed by atoms with E-state index in [9.17, 15) is 4.79 Å². The molecule has 4 nitrogen and oxygen atoms in total. The van der Waals surface area contributed by atoms with Crippen LogP contribution in [0.25, 0.3) is 0 Å². The molecule has 0 amide bonds. The molecule has 1 heterocycles. The number of thiophene rings is 1. The quantitative estimate of drug-likeness (QED) is 0.761. The van der Waals surface area contributed by atoms with Crippen LogP contribution in [0.5, 0.6) is 17.2 Å². The van der Waals surface area contributed by atoms with Crippen molar-refractivity contribution in [1.82, 2.24) is 0 Å². The highest BCUT2D eigenvalue weighted by Gasteiger charge is 2.14. The Labute approximate surface area is 115 Å². The third-order valence-electron chi connectivity index (χ3n) is 2.56. The molecule has 19 heavy (non-hydrogen) atoms. The topological polar surface area (TPSA) is 44.8 Å². The van der Waals surface area contributed by atoms with E-state index in [0.29, 0.717) is 29.4 Å². The van der Waals surface area contributed by atoms with Gasteiger partial charge in [-0.3, -0.25) is 4.79 Å². The van der Waals surface area contributed by atoms with Crippen LogP contribution in [0.3, 0.4) is 0 Å². The molecule has 0 saturated carbocycles. The summed E-state index contributed by atoms with van der Waals surface area (Å²) in [6.07, 6.45) is 0.744. The van der Waals surface area contributed by atoms with E-state index in [0.717, 1.165) is 11.2 Å². The van der Waals surface area contributed by atoms with Crippen LogP contribution in [0.1, 0.15) is 15.2 Å².